The van der Waals surface area contributed by atoms with E-state index in [9.17, 15) is 0 Å². The Hall–Kier alpha value is -2.56. The summed E-state index contributed by atoms with van der Waals surface area (Å²) in [5, 5.41) is 6.82. The lowest BCUT2D eigenvalue weighted by molar-refractivity contribution is 0.686. The van der Waals surface area contributed by atoms with E-state index in [0.717, 1.165) is 31.4 Å². The van der Waals surface area contributed by atoms with Crippen molar-refractivity contribution in [1.29, 1.82) is 0 Å². The molecular weight excluding hydrogens is 322 g/mol. The van der Waals surface area contributed by atoms with Gasteiger partial charge in [-0.2, -0.15) is 0 Å². The molecule has 1 aliphatic rings. The molecule has 0 radical (unpaired) electrons. The Bertz CT molecular complexity index is 707. The number of benzene rings is 1. The molecule has 138 valence electrons. The van der Waals surface area contributed by atoms with Crippen molar-refractivity contribution >= 4 is 11.8 Å². The number of guanidine groups is 1. The van der Waals surface area contributed by atoms with E-state index in [4.69, 9.17) is 4.99 Å². The van der Waals surface area contributed by atoms with Crippen molar-refractivity contribution in [2.75, 3.05) is 24.5 Å². The van der Waals surface area contributed by atoms with E-state index in [0.29, 0.717) is 6.54 Å². The number of aliphatic imine (C=N–C) groups is 1. The molecule has 5 heteroatoms. The molecule has 0 amide bonds. The van der Waals surface area contributed by atoms with Crippen LogP contribution in [-0.2, 0) is 6.54 Å². The summed E-state index contributed by atoms with van der Waals surface area (Å²) in [7, 11) is 0. The van der Waals surface area contributed by atoms with Crippen LogP contribution in [0.1, 0.15) is 43.9 Å². The third-order valence-corrected chi connectivity index (χ3v) is 4.66. The largest absolute Gasteiger partial charge is 0.357 e. The fraction of sp³-hybridized carbons (Fsp3) is 0.429. The van der Waals surface area contributed by atoms with Crippen molar-refractivity contribution in [3.05, 3.63) is 59.8 Å². The molecule has 0 spiro atoms. The maximum atomic E-state index is 4.77. The van der Waals surface area contributed by atoms with E-state index in [1.165, 1.54) is 24.0 Å². The fourth-order valence-electron chi connectivity index (χ4n) is 3.20. The second kappa shape index (κ2) is 9.22. The number of pyridine rings is 1. The molecule has 1 fully saturated rings. The topological polar surface area (TPSA) is 52.6 Å². The van der Waals surface area contributed by atoms with Gasteiger partial charge in [-0.25, -0.2) is 9.98 Å². The minimum atomic E-state index is 0.201. The van der Waals surface area contributed by atoms with Crippen molar-refractivity contribution in [3.63, 3.8) is 0 Å². The Labute approximate surface area is 156 Å². The normalized spacial score (nSPS) is 15.8. The van der Waals surface area contributed by atoms with E-state index < -0.39 is 0 Å². The van der Waals surface area contributed by atoms with Crippen LogP contribution < -0.4 is 15.5 Å². The molecule has 1 saturated heterocycles. The number of rotatable bonds is 6. The molecule has 2 N–H and O–H groups in total. The van der Waals surface area contributed by atoms with E-state index >= 15 is 0 Å². The molecule has 1 aliphatic heterocycles. The van der Waals surface area contributed by atoms with Crippen LogP contribution >= 0.6 is 0 Å². The smallest absolute Gasteiger partial charge is 0.192 e. The van der Waals surface area contributed by atoms with Crippen LogP contribution in [0.5, 0.6) is 0 Å². The summed E-state index contributed by atoms with van der Waals surface area (Å²) < 4.78 is 0. The third-order valence-electron chi connectivity index (χ3n) is 4.66. The van der Waals surface area contributed by atoms with Crippen LogP contribution in [0.15, 0.2) is 53.7 Å². The zero-order valence-electron chi connectivity index (χ0n) is 15.8. The van der Waals surface area contributed by atoms with Gasteiger partial charge in [0.25, 0.3) is 0 Å². The van der Waals surface area contributed by atoms with Gasteiger partial charge in [0, 0.05) is 25.8 Å². The van der Waals surface area contributed by atoms with Crippen molar-refractivity contribution in [3.8, 4) is 0 Å². The van der Waals surface area contributed by atoms with Crippen LogP contribution in [0, 0.1) is 0 Å². The second-order valence-corrected chi connectivity index (χ2v) is 6.69. The molecule has 26 heavy (non-hydrogen) atoms. The van der Waals surface area contributed by atoms with Gasteiger partial charge in [-0.1, -0.05) is 30.3 Å². The second-order valence-electron chi connectivity index (χ2n) is 6.69. The maximum Gasteiger partial charge on any atom is 0.192 e. The zero-order valence-corrected chi connectivity index (χ0v) is 15.8. The predicted octanol–water partition coefficient (Wildman–Crippen LogP) is 3.50. The molecular formula is C21H29N5. The Morgan fingerprint density at radius 3 is 2.69 bits per heavy atom. The molecule has 1 aromatic heterocycles. The number of hydrogen-bond donors (Lipinski definition) is 2. The van der Waals surface area contributed by atoms with Gasteiger partial charge in [-0.3, -0.25) is 0 Å². The Morgan fingerprint density at radius 2 is 1.96 bits per heavy atom. The summed E-state index contributed by atoms with van der Waals surface area (Å²) in [5.41, 5.74) is 2.44. The molecule has 1 atom stereocenters. The highest BCUT2D eigenvalue weighted by atomic mass is 15.2. The number of hydrogen-bond acceptors (Lipinski definition) is 3. The van der Waals surface area contributed by atoms with E-state index in [2.05, 4.69) is 64.7 Å². The minimum absolute atomic E-state index is 0.201. The van der Waals surface area contributed by atoms with Gasteiger partial charge in [-0.05, 0) is 49.9 Å². The molecule has 1 unspecified atom stereocenters. The van der Waals surface area contributed by atoms with Gasteiger partial charge in [-0.15, -0.1) is 0 Å². The lowest BCUT2D eigenvalue weighted by Gasteiger charge is -2.18. The molecule has 1 aromatic carbocycles. The first-order valence-electron chi connectivity index (χ1n) is 9.56. The molecule has 0 bridgehead atoms. The van der Waals surface area contributed by atoms with Crippen LogP contribution in [0.4, 0.5) is 5.82 Å². The summed E-state index contributed by atoms with van der Waals surface area (Å²) in [6.45, 7) is 7.93. The SMILES string of the molecule is CCNC(=NCc1ccnc(N2CCCC2)c1)NC(C)c1ccccc1. The van der Waals surface area contributed by atoms with Gasteiger partial charge in [0.2, 0.25) is 0 Å². The maximum absolute atomic E-state index is 4.77. The molecule has 2 aromatic rings. The number of anilines is 1. The number of aromatic nitrogens is 1. The van der Waals surface area contributed by atoms with Crippen molar-refractivity contribution < 1.29 is 0 Å². The lowest BCUT2D eigenvalue weighted by Crippen LogP contribution is -2.38. The highest BCUT2D eigenvalue weighted by Gasteiger charge is 2.13. The van der Waals surface area contributed by atoms with E-state index in [-0.39, 0.29) is 6.04 Å². The quantitative estimate of drug-likeness (QED) is 0.618. The first-order valence-corrected chi connectivity index (χ1v) is 9.56. The first kappa shape index (κ1) is 18.2. The lowest BCUT2D eigenvalue weighted by atomic mass is 10.1. The van der Waals surface area contributed by atoms with Gasteiger partial charge in [0.15, 0.2) is 5.96 Å². The molecule has 0 saturated carbocycles. The minimum Gasteiger partial charge on any atom is -0.357 e. The summed E-state index contributed by atoms with van der Waals surface area (Å²) in [6.07, 6.45) is 4.41. The van der Waals surface area contributed by atoms with Crippen LogP contribution in [0.3, 0.4) is 0 Å². The highest BCUT2D eigenvalue weighted by molar-refractivity contribution is 5.80. The van der Waals surface area contributed by atoms with Crippen LogP contribution in [-0.4, -0.2) is 30.6 Å². The van der Waals surface area contributed by atoms with Gasteiger partial charge in [0.05, 0.1) is 12.6 Å². The van der Waals surface area contributed by atoms with Crippen molar-refractivity contribution in [2.24, 2.45) is 4.99 Å². The Kier molecular flexibility index (Phi) is 6.47. The standard InChI is InChI=1S/C21H29N5/c1-3-22-21(25-17(2)19-9-5-4-6-10-19)24-16-18-11-12-23-20(15-18)26-13-7-8-14-26/h4-6,9-12,15,17H,3,7-8,13-14,16H2,1-2H3,(H2,22,24,25). The van der Waals surface area contributed by atoms with Crippen molar-refractivity contribution in [1.82, 2.24) is 15.6 Å². The fourth-order valence-corrected chi connectivity index (χ4v) is 3.20. The number of nitrogens with one attached hydrogen (secondary N) is 2. The molecule has 5 nitrogen and oxygen atoms in total. The average molecular weight is 351 g/mol. The summed E-state index contributed by atoms with van der Waals surface area (Å²) in [6, 6.07) is 14.8. The Morgan fingerprint density at radius 1 is 1.19 bits per heavy atom. The first-order chi connectivity index (χ1) is 12.8. The van der Waals surface area contributed by atoms with E-state index in [1.807, 2.05) is 18.3 Å². The number of nitrogens with zero attached hydrogens (tertiary/aromatic N) is 3. The molecule has 0 aliphatic carbocycles. The summed E-state index contributed by atoms with van der Waals surface area (Å²) in [4.78, 5) is 11.6. The highest BCUT2D eigenvalue weighted by Crippen LogP contribution is 2.19. The van der Waals surface area contributed by atoms with Gasteiger partial charge < -0.3 is 15.5 Å². The predicted molar refractivity (Wildman–Crippen MR) is 108 cm³/mol. The van der Waals surface area contributed by atoms with Crippen LogP contribution in [0.25, 0.3) is 0 Å². The van der Waals surface area contributed by atoms with Gasteiger partial charge in [0.1, 0.15) is 5.82 Å². The Balaban J connectivity index is 1.66. The van der Waals surface area contributed by atoms with E-state index in [1.54, 1.807) is 0 Å². The summed E-state index contributed by atoms with van der Waals surface area (Å²) in [5.74, 6) is 1.91. The molecule has 2 heterocycles. The van der Waals surface area contributed by atoms with Gasteiger partial charge >= 0.3 is 0 Å². The zero-order chi connectivity index (χ0) is 18.2. The average Bonchev–Trinajstić information content (AvgIpc) is 3.22. The molecule has 3 rings (SSSR count). The van der Waals surface area contributed by atoms with Crippen LogP contribution in [0.2, 0.25) is 0 Å². The summed E-state index contributed by atoms with van der Waals surface area (Å²) >= 11 is 0. The third kappa shape index (κ3) is 4.97. The van der Waals surface area contributed by atoms with Crippen molar-refractivity contribution in [2.45, 2.75) is 39.3 Å². The monoisotopic (exact) mass is 351 g/mol.